The molecule has 164 valence electrons. The van der Waals surface area contributed by atoms with Gasteiger partial charge in [-0.3, -0.25) is 0 Å². The van der Waals surface area contributed by atoms with Gasteiger partial charge in [0.1, 0.15) is 23.5 Å². The zero-order valence-electron chi connectivity index (χ0n) is 19.4. The van der Waals surface area contributed by atoms with Crippen LogP contribution in [0.5, 0.6) is 11.5 Å². The van der Waals surface area contributed by atoms with E-state index in [0.29, 0.717) is 12.2 Å². The predicted octanol–water partition coefficient (Wildman–Crippen LogP) is 7.12. The second-order valence-corrected chi connectivity index (χ2v) is 9.14. The number of carbonyl (C=O) groups excluding carboxylic acids is 1. The van der Waals surface area contributed by atoms with Crippen molar-refractivity contribution in [2.24, 2.45) is 5.92 Å². The molecule has 3 rings (SSSR count). The molecule has 0 heterocycles. The second-order valence-electron chi connectivity index (χ2n) is 9.14. The van der Waals surface area contributed by atoms with Gasteiger partial charge in [-0.25, -0.2) is 0 Å². The summed E-state index contributed by atoms with van der Waals surface area (Å²) in [5.74, 6) is 2.07. The normalized spacial score (nSPS) is 16.5. The van der Waals surface area contributed by atoms with Gasteiger partial charge in [0.2, 0.25) is 0 Å². The summed E-state index contributed by atoms with van der Waals surface area (Å²) in [6.07, 6.45) is 7.93. The lowest BCUT2D eigenvalue weighted by atomic mass is 9.87. The van der Waals surface area contributed by atoms with Crippen molar-refractivity contribution in [3.8, 4) is 11.5 Å². The fourth-order valence-electron chi connectivity index (χ4n) is 3.65. The first kappa shape index (κ1) is 22.9. The molecule has 0 N–H and O–H groups in total. The van der Waals surface area contributed by atoms with Crippen LogP contribution >= 0.6 is 0 Å². The molecule has 0 bridgehead atoms. The third-order valence-electron chi connectivity index (χ3n) is 5.78. The average Bonchev–Trinajstić information content (AvgIpc) is 2.77. The minimum absolute atomic E-state index is 0.0913. The first-order chi connectivity index (χ1) is 14.8. The number of ether oxygens (including phenoxy) is 2. The van der Waals surface area contributed by atoms with Gasteiger partial charge in [0, 0.05) is 0 Å². The molecule has 0 spiro atoms. The fraction of sp³-hybridized carbons (Fsp3) is 0.393. The van der Waals surface area contributed by atoms with Gasteiger partial charge >= 0.3 is 0 Å². The van der Waals surface area contributed by atoms with Crippen molar-refractivity contribution in [3.05, 3.63) is 77.6 Å². The summed E-state index contributed by atoms with van der Waals surface area (Å²) in [5, 5.41) is 0. The van der Waals surface area contributed by atoms with Crippen molar-refractivity contribution in [1.82, 2.24) is 0 Å². The summed E-state index contributed by atoms with van der Waals surface area (Å²) in [7, 11) is 0. The minimum Gasteiger partial charge on any atom is -0.490 e. The van der Waals surface area contributed by atoms with Gasteiger partial charge in [-0.05, 0) is 71.7 Å². The lowest BCUT2D eigenvalue weighted by molar-refractivity contribution is -0.110. The number of carbonyl (C=O) groups is 1. The van der Waals surface area contributed by atoms with Crippen LogP contribution < -0.4 is 9.47 Å². The van der Waals surface area contributed by atoms with Crippen LogP contribution in [0.4, 0.5) is 0 Å². The standard InChI is InChI=1S/C28H34O3/c1-6-24(7-2)30-25-14-10-20(11-15-25)21-8-9-22(19-29)27(18-21)31-26-16-12-23(13-17-26)28(3,4)5/h8,10-19,22,24H,6-7,9H2,1-5H3. The highest BCUT2D eigenvalue weighted by Crippen LogP contribution is 2.32. The number of hydrogen-bond donors (Lipinski definition) is 0. The van der Waals surface area contributed by atoms with E-state index in [4.69, 9.17) is 9.47 Å². The molecule has 3 heteroatoms. The molecule has 3 nitrogen and oxygen atoms in total. The maximum absolute atomic E-state index is 11.6. The SMILES string of the molecule is CCC(CC)Oc1ccc(C2=CCC(C=O)C(Oc3ccc(C(C)(C)C)cc3)=C2)cc1. The van der Waals surface area contributed by atoms with Crippen LogP contribution in [0, 0.1) is 5.92 Å². The molecule has 1 unspecified atom stereocenters. The van der Waals surface area contributed by atoms with E-state index in [1.807, 2.05) is 30.3 Å². The highest BCUT2D eigenvalue weighted by atomic mass is 16.5. The summed E-state index contributed by atoms with van der Waals surface area (Å²) in [5.41, 5.74) is 3.49. The monoisotopic (exact) mass is 418 g/mol. The first-order valence-corrected chi connectivity index (χ1v) is 11.3. The van der Waals surface area contributed by atoms with Crippen molar-refractivity contribution in [1.29, 1.82) is 0 Å². The van der Waals surface area contributed by atoms with Crippen LogP contribution in [0.1, 0.15) is 65.0 Å². The molecule has 0 radical (unpaired) electrons. The van der Waals surface area contributed by atoms with Crippen LogP contribution in [-0.4, -0.2) is 12.4 Å². The molecular formula is C28H34O3. The Balaban J connectivity index is 1.77. The average molecular weight is 419 g/mol. The molecule has 1 atom stereocenters. The molecule has 0 amide bonds. The van der Waals surface area contributed by atoms with Gasteiger partial charge < -0.3 is 14.3 Å². The fourth-order valence-corrected chi connectivity index (χ4v) is 3.65. The Morgan fingerprint density at radius 2 is 1.58 bits per heavy atom. The van der Waals surface area contributed by atoms with Crippen molar-refractivity contribution < 1.29 is 14.3 Å². The molecule has 1 aliphatic carbocycles. The third kappa shape index (κ3) is 5.88. The number of benzene rings is 2. The summed E-state index contributed by atoms with van der Waals surface area (Å²) in [6.45, 7) is 10.8. The largest absolute Gasteiger partial charge is 0.490 e. The first-order valence-electron chi connectivity index (χ1n) is 11.3. The van der Waals surface area contributed by atoms with Crippen molar-refractivity contribution in [2.75, 3.05) is 0 Å². The van der Waals surface area contributed by atoms with E-state index in [1.165, 1.54) is 5.56 Å². The maximum atomic E-state index is 11.6. The summed E-state index contributed by atoms with van der Waals surface area (Å²) in [6, 6.07) is 16.3. The Bertz CT molecular complexity index is 924. The number of aldehydes is 1. The lowest BCUT2D eigenvalue weighted by Gasteiger charge is -2.22. The van der Waals surface area contributed by atoms with Crippen molar-refractivity contribution >= 4 is 11.9 Å². The van der Waals surface area contributed by atoms with E-state index in [0.717, 1.165) is 41.8 Å². The van der Waals surface area contributed by atoms with E-state index >= 15 is 0 Å². The van der Waals surface area contributed by atoms with Crippen LogP contribution in [0.3, 0.4) is 0 Å². The van der Waals surface area contributed by atoms with Crippen LogP contribution in [0.25, 0.3) is 5.57 Å². The van der Waals surface area contributed by atoms with Crippen molar-refractivity contribution in [2.45, 2.75) is 65.4 Å². The molecule has 0 saturated carbocycles. The van der Waals surface area contributed by atoms with Gasteiger partial charge in [0.25, 0.3) is 0 Å². The van der Waals surface area contributed by atoms with Crippen LogP contribution in [-0.2, 0) is 10.2 Å². The minimum atomic E-state index is -0.261. The van der Waals surface area contributed by atoms with Crippen molar-refractivity contribution in [3.63, 3.8) is 0 Å². The van der Waals surface area contributed by atoms with Crippen LogP contribution in [0.2, 0.25) is 0 Å². The summed E-state index contributed by atoms with van der Waals surface area (Å²) in [4.78, 5) is 11.6. The summed E-state index contributed by atoms with van der Waals surface area (Å²) >= 11 is 0. The zero-order valence-corrected chi connectivity index (χ0v) is 19.4. The molecule has 2 aromatic rings. The Morgan fingerprint density at radius 3 is 2.13 bits per heavy atom. The van der Waals surface area contributed by atoms with Gasteiger partial charge in [-0.15, -0.1) is 0 Å². The lowest BCUT2D eigenvalue weighted by Crippen LogP contribution is -2.15. The second kappa shape index (κ2) is 10.00. The predicted molar refractivity (Wildman–Crippen MR) is 127 cm³/mol. The van der Waals surface area contributed by atoms with E-state index in [-0.39, 0.29) is 17.4 Å². The van der Waals surface area contributed by atoms with Crippen LogP contribution in [0.15, 0.2) is 66.4 Å². The quantitative estimate of drug-likeness (QED) is 0.428. The molecule has 1 aliphatic rings. The topological polar surface area (TPSA) is 35.5 Å². The smallest absolute Gasteiger partial charge is 0.130 e. The van der Waals surface area contributed by atoms with Gasteiger partial charge in [0.15, 0.2) is 0 Å². The van der Waals surface area contributed by atoms with E-state index in [9.17, 15) is 4.79 Å². The van der Waals surface area contributed by atoms with Gasteiger partial charge in [-0.1, -0.05) is 65.0 Å². The molecule has 0 aliphatic heterocycles. The zero-order chi connectivity index (χ0) is 22.4. The number of rotatable bonds is 8. The molecule has 0 aromatic heterocycles. The molecule has 2 aromatic carbocycles. The molecule has 0 saturated heterocycles. The van der Waals surface area contributed by atoms with E-state index in [1.54, 1.807) is 0 Å². The Kier molecular flexibility index (Phi) is 7.37. The summed E-state index contributed by atoms with van der Waals surface area (Å²) < 4.78 is 12.2. The molecular weight excluding hydrogens is 384 g/mol. The van der Waals surface area contributed by atoms with E-state index in [2.05, 4.69) is 65.0 Å². The van der Waals surface area contributed by atoms with Gasteiger partial charge in [-0.2, -0.15) is 0 Å². The molecule has 0 fully saturated rings. The number of hydrogen-bond acceptors (Lipinski definition) is 3. The Labute approximate surface area is 186 Å². The molecule has 31 heavy (non-hydrogen) atoms. The highest BCUT2D eigenvalue weighted by Gasteiger charge is 2.21. The van der Waals surface area contributed by atoms with Gasteiger partial charge in [0.05, 0.1) is 12.0 Å². The van der Waals surface area contributed by atoms with E-state index < -0.39 is 0 Å². The highest BCUT2D eigenvalue weighted by molar-refractivity contribution is 5.78. The number of allylic oxidation sites excluding steroid dienone is 4. The third-order valence-corrected chi connectivity index (χ3v) is 5.78. The Hall–Kier alpha value is -2.81. The Morgan fingerprint density at radius 1 is 0.968 bits per heavy atom. The maximum Gasteiger partial charge on any atom is 0.130 e.